The van der Waals surface area contributed by atoms with Crippen LogP contribution in [0.15, 0.2) is 29.6 Å². The second-order valence-corrected chi connectivity index (χ2v) is 9.44. The fraction of sp³-hybridized carbons (Fsp3) is 0.500. The first-order chi connectivity index (χ1) is 14.0. The van der Waals surface area contributed by atoms with Crippen molar-refractivity contribution in [1.82, 2.24) is 14.8 Å². The minimum Gasteiger partial charge on any atom is -0.342 e. The molecule has 5 nitrogen and oxygen atoms in total. The van der Waals surface area contributed by atoms with Crippen LogP contribution in [0.25, 0.3) is 10.6 Å². The molecular formula is C22H26ClN3O2S. The molecule has 0 radical (unpaired) electrons. The molecule has 1 aromatic carbocycles. The summed E-state index contributed by atoms with van der Waals surface area (Å²) in [6.07, 6.45) is 3.79. The number of carbonyl (C=O) groups excluding carboxylic acids is 2. The van der Waals surface area contributed by atoms with Crippen molar-refractivity contribution in [3.05, 3.63) is 40.4 Å². The minimum absolute atomic E-state index is 0.0426. The number of halogens is 1. The molecule has 1 unspecified atom stereocenters. The fourth-order valence-corrected chi connectivity index (χ4v) is 5.16. The topological polar surface area (TPSA) is 53.5 Å². The number of hydrogen-bond acceptors (Lipinski definition) is 4. The lowest BCUT2D eigenvalue weighted by molar-refractivity contribution is -0.138. The maximum Gasteiger partial charge on any atom is 0.273 e. The van der Waals surface area contributed by atoms with Crippen LogP contribution >= 0.6 is 22.9 Å². The van der Waals surface area contributed by atoms with Crippen molar-refractivity contribution in [3.63, 3.8) is 0 Å². The van der Waals surface area contributed by atoms with Gasteiger partial charge in [-0.2, -0.15) is 0 Å². The third-order valence-corrected chi connectivity index (χ3v) is 7.06. The SMILES string of the molecule is CC1CCCN(C(=O)C2CCN(C(=O)c3csc(-c4ccc(Cl)cc4)n3)CC2)C1. The molecule has 2 amide bonds. The van der Waals surface area contributed by atoms with Crippen molar-refractivity contribution >= 4 is 34.8 Å². The van der Waals surface area contributed by atoms with Gasteiger partial charge in [-0.05, 0) is 43.7 Å². The van der Waals surface area contributed by atoms with Gasteiger partial charge >= 0.3 is 0 Å². The highest BCUT2D eigenvalue weighted by molar-refractivity contribution is 7.13. The molecule has 2 aliphatic heterocycles. The van der Waals surface area contributed by atoms with Gasteiger partial charge in [0.25, 0.3) is 5.91 Å². The fourth-order valence-electron chi connectivity index (χ4n) is 4.24. The Morgan fingerprint density at radius 1 is 1.07 bits per heavy atom. The van der Waals surface area contributed by atoms with E-state index in [0.717, 1.165) is 42.9 Å². The molecular weight excluding hydrogens is 406 g/mol. The lowest BCUT2D eigenvalue weighted by Crippen LogP contribution is -2.47. The van der Waals surface area contributed by atoms with E-state index in [2.05, 4.69) is 11.9 Å². The van der Waals surface area contributed by atoms with Gasteiger partial charge in [-0.15, -0.1) is 11.3 Å². The van der Waals surface area contributed by atoms with E-state index in [1.807, 2.05) is 39.4 Å². The molecule has 2 aromatic rings. The second-order valence-electron chi connectivity index (χ2n) is 8.14. The molecule has 7 heteroatoms. The standard InChI is InChI=1S/C22H26ClN3O2S/c1-15-3-2-10-26(13-15)21(27)17-8-11-25(12-9-17)22(28)19-14-29-20(24-19)16-4-6-18(23)7-5-16/h4-7,14-15,17H,2-3,8-13H2,1H3. The molecule has 0 N–H and O–H groups in total. The molecule has 0 aliphatic carbocycles. The molecule has 1 atom stereocenters. The largest absolute Gasteiger partial charge is 0.342 e. The van der Waals surface area contributed by atoms with Crippen LogP contribution in [-0.4, -0.2) is 52.8 Å². The Hall–Kier alpha value is -1.92. The van der Waals surface area contributed by atoms with Gasteiger partial charge in [0.15, 0.2) is 0 Å². The molecule has 2 fully saturated rings. The molecule has 0 spiro atoms. The van der Waals surface area contributed by atoms with Gasteiger partial charge in [-0.3, -0.25) is 9.59 Å². The summed E-state index contributed by atoms with van der Waals surface area (Å²) < 4.78 is 0. The zero-order valence-corrected chi connectivity index (χ0v) is 18.2. The Kier molecular flexibility index (Phi) is 6.20. The van der Waals surface area contributed by atoms with Gasteiger partial charge in [0.05, 0.1) is 0 Å². The quantitative estimate of drug-likeness (QED) is 0.715. The van der Waals surface area contributed by atoms with E-state index in [-0.39, 0.29) is 17.7 Å². The van der Waals surface area contributed by atoms with Crippen LogP contribution in [0.1, 0.15) is 43.1 Å². The molecule has 1 aromatic heterocycles. The van der Waals surface area contributed by atoms with E-state index in [0.29, 0.717) is 29.7 Å². The number of nitrogens with zero attached hydrogens (tertiary/aromatic N) is 3. The number of rotatable bonds is 3. The molecule has 3 heterocycles. The highest BCUT2D eigenvalue weighted by atomic mass is 35.5. The van der Waals surface area contributed by atoms with Crippen molar-refractivity contribution in [3.8, 4) is 10.6 Å². The monoisotopic (exact) mass is 431 g/mol. The van der Waals surface area contributed by atoms with Gasteiger partial charge in [0.2, 0.25) is 5.91 Å². The number of piperidine rings is 2. The van der Waals surface area contributed by atoms with Crippen molar-refractivity contribution in [1.29, 1.82) is 0 Å². The Bertz CT molecular complexity index is 874. The maximum atomic E-state index is 12.9. The smallest absolute Gasteiger partial charge is 0.273 e. The summed E-state index contributed by atoms with van der Waals surface area (Å²) in [5.41, 5.74) is 1.44. The molecule has 2 saturated heterocycles. The highest BCUT2D eigenvalue weighted by Gasteiger charge is 2.32. The number of likely N-dealkylation sites (tertiary alicyclic amines) is 2. The summed E-state index contributed by atoms with van der Waals surface area (Å²) in [6, 6.07) is 7.47. The van der Waals surface area contributed by atoms with Crippen LogP contribution in [-0.2, 0) is 4.79 Å². The first kappa shape index (κ1) is 20.4. The summed E-state index contributed by atoms with van der Waals surface area (Å²) in [6.45, 7) is 5.21. The van der Waals surface area contributed by atoms with Crippen molar-refractivity contribution in [2.45, 2.75) is 32.6 Å². The molecule has 0 bridgehead atoms. The van der Waals surface area contributed by atoms with E-state index >= 15 is 0 Å². The molecule has 29 heavy (non-hydrogen) atoms. The normalized spacial score (nSPS) is 20.7. The maximum absolute atomic E-state index is 12.9. The van der Waals surface area contributed by atoms with Gasteiger partial charge in [0.1, 0.15) is 10.7 Å². The second kappa shape index (κ2) is 8.84. The Morgan fingerprint density at radius 3 is 2.48 bits per heavy atom. The van der Waals surface area contributed by atoms with Crippen LogP contribution < -0.4 is 0 Å². The van der Waals surface area contributed by atoms with Crippen LogP contribution in [0.5, 0.6) is 0 Å². The number of carbonyl (C=O) groups is 2. The summed E-state index contributed by atoms with van der Waals surface area (Å²) in [5, 5.41) is 3.31. The van der Waals surface area contributed by atoms with E-state index in [1.165, 1.54) is 17.8 Å². The van der Waals surface area contributed by atoms with Crippen molar-refractivity contribution in [2.75, 3.05) is 26.2 Å². The molecule has 2 aliphatic rings. The number of aromatic nitrogens is 1. The van der Waals surface area contributed by atoms with Gasteiger partial charge in [-0.1, -0.05) is 30.7 Å². The van der Waals surface area contributed by atoms with E-state index in [4.69, 9.17) is 11.6 Å². The Labute approximate surface area is 180 Å². The van der Waals surface area contributed by atoms with E-state index in [9.17, 15) is 9.59 Å². The zero-order valence-electron chi connectivity index (χ0n) is 16.6. The first-order valence-corrected chi connectivity index (χ1v) is 11.6. The molecule has 0 saturated carbocycles. The zero-order chi connectivity index (χ0) is 20.4. The lowest BCUT2D eigenvalue weighted by atomic mass is 9.92. The van der Waals surface area contributed by atoms with Gasteiger partial charge in [-0.25, -0.2) is 4.98 Å². The summed E-state index contributed by atoms with van der Waals surface area (Å²) in [7, 11) is 0. The molecule has 154 valence electrons. The summed E-state index contributed by atoms with van der Waals surface area (Å²) >= 11 is 7.40. The minimum atomic E-state index is -0.0426. The predicted octanol–water partition coefficient (Wildman–Crippen LogP) is 4.57. The van der Waals surface area contributed by atoms with E-state index < -0.39 is 0 Å². The Morgan fingerprint density at radius 2 is 1.79 bits per heavy atom. The highest BCUT2D eigenvalue weighted by Crippen LogP contribution is 2.27. The van der Waals surface area contributed by atoms with Gasteiger partial charge < -0.3 is 9.80 Å². The van der Waals surface area contributed by atoms with Crippen molar-refractivity contribution in [2.24, 2.45) is 11.8 Å². The number of hydrogen-bond donors (Lipinski definition) is 0. The Balaban J connectivity index is 1.34. The van der Waals surface area contributed by atoms with Crippen LogP contribution in [0.2, 0.25) is 5.02 Å². The van der Waals surface area contributed by atoms with Crippen LogP contribution in [0.4, 0.5) is 0 Å². The first-order valence-electron chi connectivity index (χ1n) is 10.3. The number of benzene rings is 1. The lowest BCUT2D eigenvalue weighted by Gasteiger charge is -2.37. The molecule has 4 rings (SSSR count). The summed E-state index contributed by atoms with van der Waals surface area (Å²) in [5.74, 6) is 0.875. The average Bonchev–Trinajstić information content (AvgIpc) is 3.23. The summed E-state index contributed by atoms with van der Waals surface area (Å²) in [4.78, 5) is 34.1. The van der Waals surface area contributed by atoms with Crippen LogP contribution in [0.3, 0.4) is 0 Å². The number of amides is 2. The van der Waals surface area contributed by atoms with Gasteiger partial charge in [0, 0.05) is 48.1 Å². The van der Waals surface area contributed by atoms with Crippen LogP contribution in [0, 0.1) is 11.8 Å². The van der Waals surface area contributed by atoms with E-state index in [1.54, 1.807) is 0 Å². The predicted molar refractivity (Wildman–Crippen MR) is 116 cm³/mol. The average molecular weight is 432 g/mol. The third kappa shape index (κ3) is 4.64. The third-order valence-electron chi connectivity index (χ3n) is 5.91. The van der Waals surface area contributed by atoms with Crippen molar-refractivity contribution < 1.29 is 9.59 Å². The number of thiazole rings is 1.